The second-order valence-corrected chi connectivity index (χ2v) is 4.30. The molecule has 0 unspecified atom stereocenters. The molecule has 1 aliphatic rings. The van der Waals surface area contributed by atoms with Crippen molar-refractivity contribution < 1.29 is 4.74 Å². The summed E-state index contributed by atoms with van der Waals surface area (Å²) in [4.78, 5) is 8.13. The topological polar surface area (TPSA) is 87.1 Å². The highest BCUT2D eigenvalue weighted by Gasteiger charge is 2.24. The fourth-order valence-corrected chi connectivity index (χ4v) is 2.19. The van der Waals surface area contributed by atoms with Crippen LogP contribution in [0, 0.1) is 0 Å². The Morgan fingerprint density at radius 1 is 1.33 bits per heavy atom. The van der Waals surface area contributed by atoms with E-state index in [9.17, 15) is 0 Å². The van der Waals surface area contributed by atoms with Crippen molar-refractivity contribution >= 4 is 5.82 Å². The lowest BCUT2D eigenvalue weighted by molar-refractivity contribution is 0.242. The summed E-state index contributed by atoms with van der Waals surface area (Å²) in [6, 6.07) is 7.77. The number of hydrogen-bond donors (Lipinski definition) is 2. The van der Waals surface area contributed by atoms with Gasteiger partial charge in [0.2, 0.25) is 0 Å². The lowest BCUT2D eigenvalue weighted by atomic mass is 10.0. The van der Waals surface area contributed by atoms with E-state index < -0.39 is 0 Å². The smallest absolute Gasteiger partial charge is 0.132 e. The van der Waals surface area contributed by atoms with E-state index in [1.165, 1.54) is 11.9 Å². The molecule has 5 heteroatoms. The largest absolute Gasteiger partial charge is 0.488 e. The molecule has 18 heavy (non-hydrogen) atoms. The van der Waals surface area contributed by atoms with E-state index in [1.54, 1.807) is 6.07 Å². The fraction of sp³-hybridized carbons (Fsp3) is 0.231. The van der Waals surface area contributed by atoms with Gasteiger partial charge >= 0.3 is 0 Å². The number of benzene rings is 1. The lowest BCUT2D eigenvalue weighted by Crippen LogP contribution is -2.24. The van der Waals surface area contributed by atoms with Gasteiger partial charge in [-0.25, -0.2) is 9.97 Å². The van der Waals surface area contributed by atoms with E-state index in [4.69, 9.17) is 16.2 Å². The minimum absolute atomic E-state index is 0.0559. The van der Waals surface area contributed by atoms with Gasteiger partial charge in [0.1, 0.15) is 24.0 Å². The van der Waals surface area contributed by atoms with Crippen LogP contribution < -0.4 is 16.2 Å². The van der Waals surface area contributed by atoms with E-state index in [1.807, 2.05) is 12.1 Å². The minimum atomic E-state index is 0.0559. The summed E-state index contributed by atoms with van der Waals surface area (Å²) in [7, 11) is 0. The monoisotopic (exact) mass is 242 g/mol. The molecule has 1 aromatic heterocycles. The molecule has 0 bridgehead atoms. The Labute approximate surface area is 105 Å². The number of rotatable bonds is 2. The van der Waals surface area contributed by atoms with Crippen LogP contribution in [0.1, 0.15) is 5.56 Å². The third-order valence-electron chi connectivity index (χ3n) is 3.06. The predicted octanol–water partition coefficient (Wildman–Crippen LogP) is 0.988. The lowest BCUT2D eigenvalue weighted by Gasteiger charge is -2.10. The normalized spacial score (nSPS) is 17.3. The molecule has 2 heterocycles. The second kappa shape index (κ2) is 4.27. The molecule has 0 saturated heterocycles. The molecule has 1 aliphatic heterocycles. The van der Waals surface area contributed by atoms with Gasteiger partial charge in [-0.2, -0.15) is 0 Å². The van der Waals surface area contributed by atoms with Gasteiger partial charge in [0, 0.05) is 24.6 Å². The molecule has 0 saturated carbocycles. The van der Waals surface area contributed by atoms with Crippen LogP contribution in [0.5, 0.6) is 5.75 Å². The number of para-hydroxylation sites is 1. The van der Waals surface area contributed by atoms with Crippen molar-refractivity contribution in [1.82, 2.24) is 9.97 Å². The van der Waals surface area contributed by atoms with E-state index in [-0.39, 0.29) is 6.10 Å². The average molecular weight is 242 g/mol. The first-order chi connectivity index (χ1) is 8.78. The van der Waals surface area contributed by atoms with E-state index in [0.717, 1.165) is 23.4 Å². The predicted molar refractivity (Wildman–Crippen MR) is 69.1 cm³/mol. The Bertz CT molecular complexity index is 585. The van der Waals surface area contributed by atoms with Crippen LogP contribution in [0.15, 0.2) is 30.6 Å². The fourth-order valence-electron chi connectivity index (χ4n) is 2.19. The van der Waals surface area contributed by atoms with Gasteiger partial charge in [0.25, 0.3) is 0 Å². The maximum Gasteiger partial charge on any atom is 0.132 e. The molecule has 2 aromatic rings. The minimum Gasteiger partial charge on any atom is -0.488 e. The highest BCUT2D eigenvalue weighted by molar-refractivity contribution is 5.71. The standard InChI is InChI=1S/C13H14N4O/c14-6-9-4-8-2-1-3-10(13(8)18-9)11-5-12(15)17-7-16-11/h1-3,5,7,9H,4,6,14H2,(H2,15,16,17)/t9-/m0/s1. The molecule has 0 fully saturated rings. The molecule has 5 nitrogen and oxygen atoms in total. The summed E-state index contributed by atoms with van der Waals surface area (Å²) in [6.45, 7) is 0.514. The zero-order valence-electron chi connectivity index (χ0n) is 9.84. The van der Waals surface area contributed by atoms with Crippen LogP contribution in [0.2, 0.25) is 0 Å². The van der Waals surface area contributed by atoms with Gasteiger partial charge in [-0.15, -0.1) is 0 Å². The summed E-state index contributed by atoms with van der Waals surface area (Å²) in [5.74, 6) is 1.32. The Kier molecular flexibility index (Phi) is 2.60. The zero-order valence-corrected chi connectivity index (χ0v) is 9.84. The maximum absolute atomic E-state index is 5.86. The van der Waals surface area contributed by atoms with Crippen molar-refractivity contribution in [2.75, 3.05) is 12.3 Å². The van der Waals surface area contributed by atoms with Gasteiger partial charge < -0.3 is 16.2 Å². The van der Waals surface area contributed by atoms with Gasteiger partial charge in [-0.1, -0.05) is 12.1 Å². The molecule has 0 radical (unpaired) electrons. The molecule has 0 aliphatic carbocycles. The SMILES string of the molecule is NC[C@@H]1Cc2cccc(-c3cc(N)ncn3)c2O1. The van der Waals surface area contributed by atoms with Crippen LogP contribution in [0.25, 0.3) is 11.3 Å². The number of nitrogens with zero attached hydrogens (tertiary/aromatic N) is 2. The number of ether oxygens (including phenoxy) is 1. The number of nitrogen functional groups attached to an aromatic ring is 1. The highest BCUT2D eigenvalue weighted by atomic mass is 16.5. The van der Waals surface area contributed by atoms with Crippen molar-refractivity contribution in [3.63, 3.8) is 0 Å². The summed E-state index contributed by atoms with van der Waals surface area (Å²) in [5.41, 5.74) is 14.2. The Balaban J connectivity index is 2.08. The van der Waals surface area contributed by atoms with E-state index in [0.29, 0.717) is 12.4 Å². The highest BCUT2D eigenvalue weighted by Crippen LogP contribution is 2.37. The number of nitrogens with two attached hydrogens (primary N) is 2. The third kappa shape index (κ3) is 1.78. The molecule has 0 amide bonds. The molecule has 1 aromatic carbocycles. The number of fused-ring (bicyclic) bond motifs is 1. The first kappa shape index (κ1) is 11.0. The van der Waals surface area contributed by atoms with Crippen LogP contribution in [-0.4, -0.2) is 22.6 Å². The van der Waals surface area contributed by atoms with Gasteiger partial charge in [-0.05, 0) is 11.6 Å². The van der Waals surface area contributed by atoms with E-state index in [2.05, 4.69) is 16.0 Å². The molecule has 1 atom stereocenters. The average Bonchev–Trinajstić information content (AvgIpc) is 2.81. The first-order valence-electron chi connectivity index (χ1n) is 5.84. The number of hydrogen-bond acceptors (Lipinski definition) is 5. The van der Waals surface area contributed by atoms with Crippen molar-refractivity contribution in [3.8, 4) is 17.0 Å². The molecular weight excluding hydrogens is 228 g/mol. The number of aromatic nitrogens is 2. The van der Waals surface area contributed by atoms with Crippen LogP contribution >= 0.6 is 0 Å². The third-order valence-corrected chi connectivity index (χ3v) is 3.06. The maximum atomic E-state index is 5.86. The molecular formula is C13H14N4O. The van der Waals surface area contributed by atoms with Crippen LogP contribution in [0.3, 0.4) is 0 Å². The Hall–Kier alpha value is -2.14. The Morgan fingerprint density at radius 2 is 2.22 bits per heavy atom. The summed E-state index contributed by atoms with van der Waals surface area (Å²) in [6.07, 6.45) is 2.36. The van der Waals surface area contributed by atoms with Gasteiger partial charge in [0.05, 0.1) is 5.69 Å². The van der Waals surface area contributed by atoms with Gasteiger partial charge in [0.15, 0.2) is 0 Å². The van der Waals surface area contributed by atoms with Crippen LogP contribution in [0.4, 0.5) is 5.82 Å². The molecule has 4 N–H and O–H groups in total. The number of anilines is 1. The van der Waals surface area contributed by atoms with Gasteiger partial charge in [-0.3, -0.25) is 0 Å². The summed E-state index contributed by atoms with van der Waals surface area (Å²) >= 11 is 0. The van der Waals surface area contributed by atoms with Crippen molar-refractivity contribution in [2.45, 2.75) is 12.5 Å². The second-order valence-electron chi connectivity index (χ2n) is 4.30. The quantitative estimate of drug-likeness (QED) is 0.820. The summed E-state index contributed by atoms with van der Waals surface area (Å²) < 4.78 is 5.86. The van der Waals surface area contributed by atoms with Crippen LogP contribution in [-0.2, 0) is 6.42 Å². The molecule has 3 rings (SSSR count). The van der Waals surface area contributed by atoms with E-state index >= 15 is 0 Å². The van der Waals surface area contributed by atoms with Crippen molar-refractivity contribution in [3.05, 3.63) is 36.2 Å². The van der Waals surface area contributed by atoms with Crippen molar-refractivity contribution in [2.24, 2.45) is 5.73 Å². The Morgan fingerprint density at radius 3 is 3.00 bits per heavy atom. The van der Waals surface area contributed by atoms with Crippen molar-refractivity contribution in [1.29, 1.82) is 0 Å². The molecule has 0 spiro atoms. The zero-order chi connectivity index (χ0) is 12.5. The summed E-state index contributed by atoms with van der Waals surface area (Å²) in [5, 5.41) is 0. The molecule has 92 valence electrons. The first-order valence-corrected chi connectivity index (χ1v) is 5.84.